The second-order valence-corrected chi connectivity index (χ2v) is 9.27. The molecule has 4 rings (SSSR count). The number of carbonyl (C=O) groups is 2. The Morgan fingerprint density at radius 2 is 1.66 bits per heavy atom. The van der Waals surface area contributed by atoms with Crippen molar-refractivity contribution in [1.29, 1.82) is 0 Å². The summed E-state index contributed by atoms with van der Waals surface area (Å²) < 4.78 is 19.0. The largest absolute Gasteiger partial charge is 0.496 e. The number of aryl methyl sites for hydroxylation is 1. The van der Waals surface area contributed by atoms with Crippen molar-refractivity contribution in [2.24, 2.45) is 0 Å². The standard InChI is InChI=1S/C28H31N3O5.C2H6/c1-16(2)27-29-23-20-10-8-9-11-21(20)25(36-28(33)30(5)6)26(35-18(4)32)24(23)31(27)15-19-12-13-22(34-7)17(3)14-19;1-2/h8-14,16H,15H2,1-7H3;1-2H3. The molecule has 0 saturated carbocycles. The third-order valence-corrected chi connectivity index (χ3v) is 5.96. The topological polar surface area (TPSA) is 82.9 Å². The fourth-order valence-electron chi connectivity index (χ4n) is 4.35. The molecular formula is C30H37N3O5. The van der Waals surface area contributed by atoms with Crippen molar-refractivity contribution < 1.29 is 23.8 Å². The lowest BCUT2D eigenvalue weighted by Crippen LogP contribution is -2.25. The molecule has 0 N–H and O–H groups in total. The molecule has 0 aliphatic heterocycles. The van der Waals surface area contributed by atoms with Crippen molar-refractivity contribution in [3.63, 3.8) is 0 Å². The molecule has 0 unspecified atom stereocenters. The van der Waals surface area contributed by atoms with Gasteiger partial charge in [0.25, 0.3) is 0 Å². The number of imidazole rings is 1. The maximum Gasteiger partial charge on any atom is 0.414 e. The predicted molar refractivity (Wildman–Crippen MR) is 151 cm³/mol. The van der Waals surface area contributed by atoms with Gasteiger partial charge in [0.2, 0.25) is 0 Å². The van der Waals surface area contributed by atoms with E-state index in [1.165, 1.54) is 11.8 Å². The van der Waals surface area contributed by atoms with E-state index in [1.54, 1.807) is 21.2 Å². The summed E-state index contributed by atoms with van der Waals surface area (Å²) in [6.45, 7) is 11.9. The van der Waals surface area contributed by atoms with Crippen LogP contribution in [-0.4, -0.2) is 47.7 Å². The number of esters is 1. The highest BCUT2D eigenvalue weighted by Gasteiger charge is 2.27. The van der Waals surface area contributed by atoms with E-state index in [9.17, 15) is 9.59 Å². The molecule has 0 fully saturated rings. The Bertz CT molecular complexity index is 1470. The van der Waals surface area contributed by atoms with E-state index < -0.39 is 12.1 Å². The predicted octanol–water partition coefficient (Wildman–Crippen LogP) is 6.69. The highest BCUT2D eigenvalue weighted by atomic mass is 16.6. The van der Waals surface area contributed by atoms with E-state index in [4.69, 9.17) is 19.2 Å². The molecule has 0 atom stereocenters. The summed E-state index contributed by atoms with van der Waals surface area (Å²) in [5.41, 5.74) is 3.32. The summed E-state index contributed by atoms with van der Waals surface area (Å²) in [7, 11) is 4.85. The van der Waals surface area contributed by atoms with Crippen LogP contribution in [0.3, 0.4) is 0 Å². The van der Waals surface area contributed by atoms with Crippen LogP contribution in [0.2, 0.25) is 0 Å². The van der Waals surface area contributed by atoms with E-state index in [0.29, 0.717) is 23.0 Å². The number of ether oxygens (including phenoxy) is 3. The number of hydrogen-bond acceptors (Lipinski definition) is 6. The maximum absolute atomic E-state index is 12.6. The summed E-state index contributed by atoms with van der Waals surface area (Å²) in [5, 5.41) is 1.44. The second kappa shape index (κ2) is 12.0. The molecule has 1 amide bonds. The van der Waals surface area contributed by atoms with E-state index >= 15 is 0 Å². The highest BCUT2D eigenvalue weighted by Crippen LogP contribution is 2.45. The van der Waals surface area contributed by atoms with Crippen LogP contribution in [0.5, 0.6) is 17.2 Å². The van der Waals surface area contributed by atoms with Crippen molar-refractivity contribution >= 4 is 33.9 Å². The average molecular weight is 520 g/mol. The molecule has 202 valence electrons. The summed E-state index contributed by atoms with van der Waals surface area (Å²) in [6, 6.07) is 13.5. The Morgan fingerprint density at radius 1 is 1.00 bits per heavy atom. The number of carbonyl (C=O) groups excluding carboxylic acids is 2. The van der Waals surface area contributed by atoms with Crippen LogP contribution in [0, 0.1) is 6.92 Å². The normalized spacial score (nSPS) is 10.8. The summed E-state index contributed by atoms with van der Waals surface area (Å²) >= 11 is 0. The Morgan fingerprint density at radius 3 is 2.21 bits per heavy atom. The van der Waals surface area contributed by atoms with Crippen molar-refractivity contribution in [2.75, 3.05) is 21.2 Å². The zero-order chi connectivity index (χ0) is 28.1. The summed E-state index contributed by atoms with van der Waals surface area (Å²) in [5.74, 6) is 1.56. The fraction of sp³-hybridized carbons (Fsp3) is 0.367. The Kier molecular flexibility index (Phi) is 8.99. The number of amides is 1. The van der Waals surface area contributed by atoms with E-state index in [2.05, 4.69) is 19.9 Å². The van der Waals surface area contributed by atoms with Gasteiger partial charge in [0.15, 0.2) is 11.5 Å². The van der Waals surface area contributed by atoms with Crippen molar-refractivity contribution in [1.82, 2.24) is 14.5 Å². The van der Waals surface area contributed by atoms with Crippen LogP contribution in [-0.2, 0) is 11.3 Å². The minimum atomic E-state index is -0.575. The van der Waals surface area contributed by atoms with Gasteiger partial charge in [0.05, 0.1) is 7.11 Å². The third kappa shape index (κ3) is 5.59. The van der Waals surface area contributed by atoms with Gasteiger partial charge in [-0.05, 0) is 24.1 Å². The monoisotopic (exact) mass is 519 g/mol. The van der Waals surface area contributed by atoms with Gasteiger partial charge in [-0.1, -0.05) is 64.1 Å². The molecule has 0 radical (unpaired) electrons. The van der Waals surface area contributed by atoms with Crippen LogP contribution in [0.4, 0.5) is 4.79 Å². The fourth-order valence-corrected chi connectivity index (χ4v) is 4.35. The number of benzene rings is 3. The molecular weight excluding hydrogens is 482 g/mol. The number of methoxy groups -OCH3 is 1. The molecule has 8 nitrogen and oxygen atoms in total. The van der Waals surface area contributed by atoms with Crippen LogP contribution in [0.25, 0.3) is 21.8 Å². The average Bonchev–Trinajstić information content (AvgIpc) is 3.26. The molecule has 1 aromatic heterocycles. The van der Waals surface area contributed by atoms with Gasteiger partial charge in [-0.25, -0.2) is 9.78 Å². The summed E-state index contributed by atoms with van der Waals surface area (Å²) in [6.07, 6.45) is -0.575. The van der Waals surface area contributed by atoms with Crippen LogP contribution < -0.4 is 14.2 Å². The Labute approximate surface area is 224 Å². The van der Waals surface area contributed by atoms with Gasteiger partial charge < -0.3 is 23.7 Å². The third-order valence-electron chi connectivity index (χ3n) is 5.96. The molecule has 0 aliphatic carbocycles. The molecule has 8 heteroatoms. The smallest absolute Gasteiger partial charge is 0.414 e. The van der Waals surface area contributed by atoms with Crippen LogP contribution >= 0.6 is 0 Å². The first-order valence-corrected chi connectivity index (χ1v) is 12.8. The van der Waals surface area contributed by atoms with Crippen molar-refractivity contribution in [3.8, 4) is 17.2 Å². The van der Waals surface area contributed by atoms with Gasteiger partial charge in [-0.3, -0.25) is 4.79 Å². The first-order valence-electron chi connectivity index (χ1n) is 12.8. The number of fused-ring (bicyclic) bond motifs is 3. The van der Waals surface area contributed by atoms with Gasteiger partial charge >= 0.3 is 12.1 Å². The molecule has 0 spiro atoms. The molecule has 0 bridgehead atoms. The van der Waals surface area contributed by atoms with Gasteiger partial charge in [-0.2, -0.15) is 0 Å². The maximum atomic E-state index is 12.6. The molecule has 0 saturated heterocycles. The van der Waals surface area contributed by atoms with Crippen molar-refractivity contribution in [3.05, 3.63) is 59.4 Å². The zero-order valence-electron chi connectivity index (χ0n) is 23.7. The zero-order valence-corrected chi connectivity index (χ0v) is 23.7. The molecule has 3 aromatic carbocycles. The lowest BCUT2D eigenvalue weighted by atomic mass is 10.1. The van der Waals surface area contributed by atoms with Crippen LogP contribution in [0.15, 0.2) is 42.5 Å². The Hall–Kier alpha value is -4.07. The van der Waals surface area contributed by atoms with Crippen molar-refractivity contribution in [2.45, 2.75) is 54.0 Å². The SMILES string of the molecule is CC.COc1ccc(Cn2c(C(C)C)nc3c4ccccc4c(OC(=O)N(C)C)c(OC(C)=O)c32)cc1C. The molecule has 0 aliphatic rings. The lowest BCUT2D eigenvalue weighted by Gasteiger charge is -2.18. The first kappa shape index (κ1) is 28.5. The van der Waals surface area contributed by atoms with Gasteiger partial charge in [-0.15, -0.1) is 0 Å². The Balaban J connectivity index is 0.00000195. The second-order valence-electron chi connectivity index (χ2n) is 9.27. The highest BCUT2D eigenvalue weighted by molar-refractivity contribution is 6.12. The number of aromatic nitrogens is 2. The number of rotatable bonds is 6. The lowest BCUT2D eigenvalue weighted by molar-refractivity contribution is -0.131. The number of hydrogen-bond donors (Lipinski definition) is 0. The first-order chi connectivity index (χ1) is 18.1. The number of nitrogens with zero attached hydrogens (tertiary/aromatic N) is 3. The molecule has 4 aromatic rings. The molecule has 1 heterocycles. The van der Waals surface area contributed by atoms with E-state index in [-0.39, 0.29) is 17.4 Å². The van der Waals surface area contributed by atoms with E-state index in [0.717, 1.165) is 28.1 Å². The van der Waals surface area contributed by atoms with Crippen LogP contribution in [0.1, 0.15) is 57.5 Å². The molecule has 38 heavy (non-hydrogen) atoms. The van der Waals surface area contributed by atoms with Gasteiger partial charge in [0, 0.05) is 44.3 Å². The quantitative estimate of drug-likeness (QED) is 0.208. The van der Waals surface area contributed by atoms with Gasteiger partial charge in [0.1, 0.15) is 22.6 Å². The minimum absolute atomic E-state index is 0.0773. The summed E-state index contributed by atoms with van der Waals surface area (Å²) in [4.78, 5) is 31.3. The minimum Gasteiger partial charge on any atom is -0.496 e. The van der Waals surface area contributed by atoms with E-state index in [1.807, 2.05) is 61.7 Å².